The van der Waals surface area contributed by atoms with Crippen LogP contribution in [0.4, 0.5) is 5.69 Å². The summed E-state index contributed by atoms with van der Waals surface area (Å²) in [7, 11) is 0. The minimum absolute atomic E-state index is 0.0611. The monoisotopic (exact) mass is 1100 g/mol. The molecule has 2 aliphatic heterocycles. The molecule has 1 atom stereocenters. The minimum Gasteiger partial charge on any atom is -0.480 e. The summed E-state index contributed by atoms with van der Waals surface area (Å²) in [6, 6.07) is 19.0. The number of anilines is 1. The molecule has 0 spiro atoms. The summed E-state index contributed by atoms with van der Waals surface area (Å²) in [5.74, 6) is -3.51. The number of aromatic nitrogens is 4. The van der Waals surface area contributed by atoms with Crippen molar-refractivity contribution in [1.82, 2.24) is 55.2 Å². The maximum Gasteiger partial charge on any atom is 0.320 e. The molecule has 0 radical (unpaired) electrons. The van der Waals surface area contributed by atoms with Gasteiger partial charge in [0.25, 0.3) is 5.91 Å². The van der Waals surface area contributed by atoms with Crippen molar-refractivity contribution in [1.29, 1.82) is 0 Å². The van der Waals surface area contributed by atoms with Gasteiger partial charge in [0.05, 0.1) is 25.7 Å². The van der Waals surface area contributed by atoms with Crippen molar-refractivity contribution in [2.75, 3.05) is 122 Å². The van der Waals surface area contributed by atoms with E-state index < -0.39 is 29.9 Å². The number of hydrogen-bond acceptors (Lipinski definition) is 17. The summed E-state index contributed by atoms with van der Waals surface area (Å²) in [5.41, 5.74) is 4.91. The molecule has 24 heteroatoms. The van der Waals surface area contributed by atoms with Crippen LogP contribution in [0.15, 0.2) is 70.2 Å². The Balaban J connectivity index is 1.00. The second-order valence-corrected chi connectivity index (χ2v) is 19.9. The molecule has 3 heterocycles. The average Bonchev–Trinajstić information content (AvgIpc) is 3.50. The Morgan fingerprint density at radius 3 is 1.88 bits per heavy atom. The lowest BCUT2D eigenvalue weighted by atomic mass is 9.90. The summed E-state index contributed by atoms with van der Waals surface area (Å²) in [4.78, 5) is 83.2. The number of carboxylic acids is 4. The Labute approximate surface area is 457 Å². The van der Waals surface area contributed by atoms with Gasteiger partial charge in [-0.15, -0.1) is 20.4 Å². The third kappa shape index (κ3) is 17.4. The molecule has 6 N–H and O–H groups in total. The van der Waals surface area contributed by atoms with Gasteiger partial charge in [-0.05, 0) is 70.4 Å². The van der Waals surface area contributed by atoms with Crippen LogP contribution < -0.4 is 25.5 Å². The highest BCUT2D eigenvalue weighted by Gasteiger charge is 2.29. The van der Waals surface area contributed by atoms with Gasteiger partial charge in [-0.3, -0.25) is 48.4 Å². The number of benzene rings is 3. The largest absolute Gasteiger partial charge is 0.480 e. The van der Waals surface area contributed by atoms with Crippen LogP contribution in [0.5, 0.6) is 0 Å². The van der Waals surface area contributed by atoms with E-state index in [1.807, 2.05) is 24.3 Å². The smallest absolute Gasteiger partial charge is 0.320 e. The van der Waals surface area contributed by atoms with Crippen molar-refractivity contribution in [3.8, 4) is 22.5 Å². The molecule has 23 nitrogen and oxygen atoms in total. The zero-order valence-corrected chi connectivity index (χ0v) is 45.8. The van der Waals surface area contributed by atoms with Crippen molar-refractivity contribution < 1.29 is 53.6 Å². The van der Waals surface area contributed by atoms with Gasteiger partial charge in [-0.1, -0.05) is 30.0 Å². The van der Waals surface area contributed by atoms with Crippen LogP contribution in [-0.4, -0.2) is 219 Å². The molecule has 1 fully saturated rings. The molecule has 3 aromatic rings. The second kappa shape index (κ2) is 30.1. The van der Waals surface area contributed by atoms with E-state index in [0.29, 0.717) is 41.7 Å². The number of fused-ring (bicyclic) bond motifs is 2. The number of amides is 2. The standard InChI is InChI=1S/C54H72N12O11S/c1-5-64(6-2)37-15-17-41-44(32-37)77-45-33-38(65(7-3)8-4)16-18-42(45)51(41)39-12-9-10-13-40(39)52(74)56-22-31-78-54-59-57-46(58-60-54)14-11-21-55-47(67)20-19-43(53(75)76)66-29-27-62(35-49(70)71)25-23-61(34-48(68)69)24-26-63(28-30-66)36-50(72)73/h9-10,12-13,15-18,32-33,43H,5-8,11,14,19-31,34-36H2,1-4H3,(H5-,55,56,67,68,69,70,71,72,73,74,75,76)/p+1. The number of thioether (sulfide) groups is 1. The molecule has 0 saturated carbocycles. The minimum atomic E-state index is -1.18. The number of aliphatic carboxylic acids is 4. The highest BCUT2D eigenvalue weighted by molar-refractivity contribution is 7.99. The Morgan fingerprint density at radius 2 is 1.31 bits per heavy atom. The molecule has 1 aliphatic carbocycles. The Morgan fingerprint density at radius 1 is 0.705 bits per heavy atom. The van der Waals surface area contributed by atoms with Crippen LogP contribution in [0.2, 0.25) is 0 Å². The molecule has 2 amide bonds. The van der Waals surface area contributed by atoms with Crippen LogP contribution in [0.25, 0.3) is 33.4 Å². The first-order valence-electron chi connectivity index (χ1n) is 26.6. The lowest BCUT2D eigenvalue weighted by Gasteiger charge is -2.35. The van der Waals surface area contributed by atoms with E-state index >= 15 is 0 Å². The lowest BCUT2D eigenvalue weighted by Crippen LogP contribution is -2.52. The number of carboxylic acid groups (broad SMARTS) is 4. The van der Waals surface area contributed by atoms with E-state index in [9.17, 15) is 49.2 Å². The van der Waals surface area contributed by atoms with Gasteiger partial charge >= 0.3 is 23.9 Å². The molecule has 1 aromatic heterocycles. The van der Waals surface area contributed by atoms with E-state index in [1.54, 1.807) is 19.6 Å². The summed E-state index contributed by atoms with van der Waals surface area (Å²) in [6.45, 7) is 12.7. The fourth-order valence-corrected chi connectivity index (χ4v) is 10.2. The molecular formula is C54H73N12O11S+. The van der Waals surface area contributed by atoms with Crippen LogP contribution in [-0.2, 0) is 30.4 Å². The summed E-state index contributed by atoms with van der Waals surface area (Å²) < 4.78 is 8.94. The van der Waals surface area contributed by atoms with Crippen molar-refractivity contribution in [2.45, 2.75) is 64.6 Å². The second-order valence-electron chi connectivity index (χ2n) is 18.8. The van der Waals surface area contributed by atoms with Gasteiger partial charge in [-0.2, -0.15) is 0 Å². The molecule has 1 unspecified atom stereocenters. The van der Waals surface area contributed by atoms with E-state index in [0.717, 1.165) is 70.6 Å². The number of carbonyl (C=O) groups is 6. The van der Waals surface area contributed by atoms with Crippen LogP contribution in [0.3, 0.4) is 0 Å². The maximum absolute atomic E-state index is 14.0. The van der Waals surface area contributed by atoms with Gasteiger partial charge in [-0.25, -0.2) is 4.58 Å². The Bertz CT molecular complexity index is 2850. The molecule has 6 rings (SSSR count). The first-order valence-corrected chi connectivity index (χ1v) is 27.6. The highest BCUT2D eigenvalue weighted by atomic mass is 32.2. The van der Waals surface area contributed by atoms with Crippen molar-refractivity contribution in [3.05, 3.63) is 77.4 Å². The SMILES string of the molecule is CCN(CC)c1ccc2c(-c3ccccc3C(=O)NCCSc3nnc(CCCNC(=O)CCC(C(=O)O)N4CCN(CC(=O)O)CCN(CC(=O)O)CCN(CC(=O)O)CC4)nn3)c3ccc(=[N+](CC)CC)cc-3oc2c1. The molecule has 1 saturated heterocycles. The predicted molar refractivity (Wildman–Crippen MR) is 295 cm³/mol. The van der Waals surface area contributed by atoms with E-state index in [4.69, 9.17) is 4.42 Å². The summed E-state index contributed by atoms with van der Waals surface area (Å²) >= 11 is 1.29. The third-order valence-corrected chi connectivity index (χ3v) is 14.6. The predicted octanol–water partition coefficient (Wildman–Crippen LogP) is 2.72. The summed E-state index contributed by atoms with van der Waals surface area (Å²) in [5, 5.41) is 63.8. The van der Waals surface area contributed by atoms with E-state index in [-0.39, 0.29) is 103 Å². The van der Waals surface area contributed by atoms with Gasteiger partial charge in [0, 0.05) is 137 Å². The van der Waals surface area contributed by atoms with Crippen LogP contribution in [0, 0.1) is 0 Å². The average molecular weight is 1100 g/mol. The van der Waals surface area contributed by atoms with Crippen LogP contribution in [0.1, 0.15) is 63.1 Å². The van der Waals surface area contributed by atoms with Crippen molar-refractivity contribution in [3.63, 3.8) is 0 Å². The molecule has 78 heavy (non-hydrogen) atoms. The lowest BCUT2D eigenvalue weighted by molar-refractivity contribution is -0.145. The van der Waals surface area contributed by atoms with E-state index in [1.165, 1.54) is 11.8 Å². The summed E-state index contributed by atoms with van der Waals surface area (Å²) in [6.07, 6.45) is 0.620. The number of aryl methyl sites for hydroxylation is 1. The van der Waals surface area contributed by atoms with Crippen molar-refractivity contribution >= 4 is 64.1 Å². The molecule has 420 valence electrons. The van der Waals surface area contributed by atoms with Gasteiger partial charge in [0.15, 0.2) is 5.82 Å². The number of rotatable bonds is 26. The molecule has 3 aliphatic rings. The normalized spacial score (nSPS) is 14.8. The zero-order chi connectivity index (χ0) is 56.1. The van der Waals surface area contributed by atoms with Gasteiger partial charge in [0.2, 0.25) is 16.4 Å². The Hall–Kier alpha value is -7.12. The number of nitrogens with zero attached hydrogens (tertiary/aromatic N) is 10. The Kier molecular flexibility index (Phi) is 23.2. The van der Waals surface area contributed by atoms with Crippen LogP contribution >= 0.6 is 11.8 Å². The fourth-order valence-electron chi connectivity index (χ4n) is 9.63. The first-order chi connectivity index (χ1) is 37.6. The van der Waals surface area contributed by atoms with Crippen molar-refractivity contribution in [2.24, 2.45) is 0 Å². The first kappa shape index (κ1) is 60.1. The van der Waals surface area contributed by atoms with Gasteiger partial charge < -0.3 is 40.4 Å². The highest BCUT2D eigenvalue weighted by Crippen LogP contribution is 2.42. The molecular weight excluding hydrogens is 1020 g/mol. The molecule has 0 bridgehead atoms. The molecule has 2 aromatic carbocycles. The number of nitrogens with one attached hydrogen (secondary N) is 2. The third-order valence-electron chi connectivity index (χ3n) is 13.7. The zero-order valence-electron chi connectivity index (χ0n) is 44.9. The number of hydrogen-bond donors (Lipinski definition) is 6. The van der Waals surface area contributed by atoms with Gasteiger partial charge in [0.1, 0.15) is 30.5 Å². The fraction of sp³-hybridized carbons (Fsp3) is 0.500. The topological polar surface area (TPSA) is 291 Å². The quantitative estimate of drug-likeness (QED) is 0.0201. The number of carbonyl (C=O) groups excluding carboxylic acids is 2. The van der Waals surface area contributed by atoms with E-state index in [2.05, 4.69) is 105 Å². The maximum atomic E-state index is 14.0.